The molecule has 4 heteroatoms. The molecule has 3 rings (SSSR count). The number of allylic oxidation sites excluding steroid dienone is 1. The van der Waals surface area contributed by atoms with Crippen LogP contribution < -0.4 is 0 Å². The van der Waals surface area contributed by atoms with E-state index in [1.165, 1.54) is 11.1 Å². The molecule has 0 unspecified atom stereocenters. The topological polar surface area (TPSA) is 20.3 Å². The smallest absolute Gasteiger partial charge is 0.252 e. The van der Waals surface area contributed by atoms with Crippen LogP contribution in [0, 0.1) is 0 Å². The Bertz CT molecular complexity index is 590. The van der Waals surface area contributed by atoms with E-state index in [0.29, 0.717) is 9.57 Å². The van der Waals surface area contributed by atoms with Gasteiger partial charge in [-0.05, 0) is 31.4 Å². The third kappa shape index (κ3) is 2.13. The second-order valence-electron chi connectivity index (χ2n) is 5.20. The fraction of sp³-hybridized carbons (Fsp3) is 0.333. The lowest BCUT2D eigenvalue weighted by Crippen LogP contribution is -2.32. The van der Waals surface area contributed by atoms with Crippen LogP contribution in [0.1, 0.15) is 31.0 Å². The quantitative estimate of drug-likeness (QED) is 0.583. The van der Waals surface area contributed by atoms with Crippen LogP contribution in [-0.2, 0) is 11.2 Å². The molecule has 1 fully saturated rings. The Kier molecular flexibility index (Phi) is 3.23. The molecule has 2 nitrogen and oxygen atoms in total. The van der Waals surface area contributed by atoms with Gasteiger partial charge in [0.05, 0.1) is 6.04 Å². The summed E-state index contributed by atoms with van der Waals surface area (Å²) in [6.07, 6.45) is 2.68. The predicted octanol–water partition coefficient (Wildman–Crippen LogP) is 3.48. The summed E-state index contributed by atoms with van der Waals surface area (Å²) in [6.45, 7) is 3.87. The molecule has 98 valence electrons. The molecule has 1 aliphatic carbocycles. The molecular weight excluding hydrogens is 274 g/mol. The van der Waals surface area contributed by atoms with Crippen molar-refractivity contribution in [1.29, 1.82) is 0 Å². The van der Waals surface area contributed by atoms with Crippen LogP contribution in [-0.4, -0.2) is 20.4 Å². The maximum absolute atomic E-state index is 12.4. The molecule has 0 saturated carbocycles. The summed E-state index contributed by atoms with van der Waals surface area (Å²) in [7, 11) is 0. The molecule has 19 heavy (non-hydrogen) atoms. The Labute approximate surface area is 122 Å². The number of carbonyl (C=O) groups is 1. The number of rotatable bonds is 1. The number of amides is 1. The summed E-state index contributed by atoms with van der Waals surface area (Å²) >= 11 is 7.06. The van der Waals surface area contributed by atoms with Crippen LogP contribution >= 0.6 is 24.0 Å². The second kappa shape index (κ2) is 4.76. The zero-order valence-corrected chi connectivity index (χ0v) is 12.6. The first-order valence-corrected chi connectivity index (χ1v) is 7.63. The van der Waals surface area contributed by atoms with Gasteiger partial charge < -0.3 is 0 Å². The van der Waals surface area contributed by atoms with E-state index in [0.717, 1.165) is 12.0 Å². The van der Waals surface area contributed by atoms with E-state index in [1.54, 1.807) is 22.7 Å². The van der Waals surface area contributed by atoms with Crippen molar-refractivity contribution in [1.82, 2.24) is 4.90 Å². The van der Waals surface area contributed by atoms with E-state index in [-0.39, 0.29) is 11.9 Å². The average Bonchev–Trinajstić information content (AvgIpc) is 2.82. The molecule has 0 bridgehead atoms. The van der Waals surface area contributed by atoms with Crippen molar-refractivity contribution in [2.24, 2.45) is 0 Å². The van der Waals surface area contributed by atoms with Crippen molar-refractivity contribution < 1.29 is 4.79 Å². The van der Waals surface area contributed by atoms with Crippen molar-refractivity contribution in [2.45, 2.75) is 31.6 Å². The van der Waals surface area contributed by atoms with Gasteiger partial charge in [-0.15, -0.1) is 0 Å². The molecule has 0 radical (unpaired) electrons. The van der Waals surface area contributed by atoms with Crippen LogP contribution in [0.4, 0.5) is 0 Å². The summed E-state index contributed by atoms with van der Waals surface area (Å²) < 4.78 is 0.715. The number of thioether (sulfide) groups is 1. The number of thiocarbonyl (C=S) groups is 1. The fourth-order valence-electron chi connectivity index (χ4n) is 2.79. The maximum atomic E-state index is 12.4. The van der Waals surface area contributed by atoms with Crippen molar-refractivity contribution in [3.8, 4) is 0 Å². The zero-order chi connectivity index (χ0) is 13.6. The van der Waals surface area contributed by atoms with Gasteiger partial charge in [0.25, 0.3) is 5.91 Å². The molecule has 0 N–H and O–H groups in total. The van der Waals surface area contributed by atoms with E-state index in [4.69, 9.17) is 12.2 Å². The number of hydrogen-bond acceptors (Lipinski definition) is 3. The first-order valence-electron chi connectivity index (χ1n) is 6.34. The Balaban J connectivity index is 2.00. The summed E-state index contributed by atoms with van der Waals surface area (Å²) in [6, 6.07) is 8.50. The van der Waals surface area contributed by atoms with E-state index in [2.05, 4.69) is 18.2 Å². The fourth-order valence-corrected chi connectivity index (χ4v) is 4.60. The minimum atomic E-state index is 0.0155. The van der Waals surface area contributed by atoms with E-state index >= 15 is 0 Å². The zero-order valence-electron chi connectivity index (χ0n) is 10.9. The predicted molar refractivity (Wildman–Crippen MR) is 83.1 cm³/mol. The van der Waals surface area contributed by atoms with E-state index < -0.39 is 0 Å². The van der Waals surface area contributed by atoms with Crippen LogP contribution in [0.25, 0.3) is 0 Å². The van der Waals surface area contributed by atoms with Crippen molar-refractivity contribution in [2.75, 3.05) is 0 Å². The molecule has 1 amide bonds. The number of hydrogen-bond donors (Lipinski definition) is 0. The van der Waals surface area contributed by atoms with Gasteiger partial charge in [0.2, 0.25) is 0 Å². The standard InChI is InChI=1S/C15H15NOS2/c1-9(2)7-13(17)16-14-11-6-4-3-5-10(11)8-12(14)19-15(16)18/h3-7,12,14H,8H2,1-2H3/t12-,14+/m1/s1. The Morgan fingerprint density at radius 1 is 1.42 bits per heavy atom. The van der Waals surface area contributed by atoms with Gasteiger partial charge in [0.15, 0.2) is 0 Å². The maximum Gasteiger partial charge on any atom is 0.252 e. The molecule has 0 spiro atoms. The number of nitrogens with zero attached hydrogens (tertiary/aromatic N) is 1. The SMILES string of the molecule is CC(C)=CC(=O)N1C(=S)S[C@@H]2Cc3ccccc3[C@@H]21. The van der Waals surface area contributed by atoms with Crippen molar-refractivity contribution in [3.63, 3.8) is 0 Å². The van der Waals surface area contributed by atoms with Crippen molar-refractivity contribution >= 4 is 34.2 Å². The lowest BCUT2D eigenvalue weighted by Gasteiger charge is -2.22. The highest BCUT2D eigenvalue weighted by molar-refractivity contribution is 8.23. The van der Waals surface area contributed by atoms with Crippen LogP contribution in [0.5, 0.6) is 0 Å². The van der Waals surface area contributed by atoms with Gasteiger partial charge in [-0.25, -0.2) is 0 Å². The van der Waals surface area contributed by atoms with Gasteiger partial charge in [-0.2, -0.15) is 0 Å². The number of fused-ring (bicyclic) bond motifs is 3. The van der Waals surface area contributed by atoms with Crippen LogP contribution in [0.2, 0.25) is 0 Å². The third-order valence-corrected chi connectivity index (χ3v) is 5.13. The van der Waals surface area contributed by atoms with Gasteiger partial charge in [0, 0.05) is 11.3 Å². The van der Waals surface area contributed by atoms with Crippen molar-refractivity contribution in [3.05, 3.63) is 47.0 Å². The minimum absolute atomic E-state index is 0.0155. The average molecular weight is 289 g/mol. The summed E-state index contributed by atoms with van der Waals surface area (Å²) in [5, 5.41) is 0.388. The lowest BCUT2D eigenvalue weighted by atomic mass is 10.1. The molecule has 1 saturated heterocycles. The highest BCUT2D eigenvalue weighted by Crippen LogP contribution is 2.49. The van der Waals surface area contributed by atoms with Gasteiger partial charge in [-0.1, -0.05) is 53.8 Å². The molecule has 1 heterocycles. The highest BCUT2D eigenvalue weighted by Gasteiger charge is 2.46. The second-order valence-corrected chi connectivity index (χ2v) is 7.07. The molecular formula is C15H15NOS2. The lowest BCUT2D eigenvalue weighted by molar-refractivity contribution is -0.123. The number of benzene rings is 1. The minimum Gasteiger partial charge on any atom is -0.285 e. The number of carbonyl (C=O) groups excluding carboxylic acids is 1. The Hall–Kier alpha value is -1.13. The molecule has 0 aromatic heterocycles. The van der Waals surface area contributed by atoms with Gasteiger partial charge in [0.1, 0.15) is 4.32 Å². The molecule has 1 aromatic rings. The van der Waals surface area contributed by atoms with Gasteiger partial charge >= 0.3 is 0 Å². The van der Waals surface area contributed by atoms with E-state index in [9.17, 15) is 4.79 Å². The normalized spacial score (nSPS) is 24.1. The summed E-state index contributed by atoms with van der Waals surface area (Å²) in [5.74, 6) is 0.0155. The largest absolute Gasteiger partial charge is 0.285 e. The third-order valence-electron chi connectivity index (χ3n) is 3.52. The van der Waals surface area contributed by atoms with Crippen LogP contribution in [0.3, 0.4) is 0 Å². The highest BCUT2D eigenvalue weighted by atomic mass is 32.2. The Morgan fingerprint density at radius 3 is 2.89 bits per heavy atom. The molecule has 2 atom stereocenters. The van der Waals surface area contributed by atoms with Crippen LogP contribution in [0.15, 0.2) is 35.9 Å². The summed E-state index contributed by atoms with van der Waals surface area (Å²) in [5.41, 5.74) is 3.62. The van der Waals surface area contributed by atoms with Gasteiger partial charge in [-0.3, -0.25) is 9.69 Å². The Morgan fingerprint density at radius 2 is 2.16 bits per heavy atom. The molecule has 1 aliphatic heterocycles. The molecule has 2 aliphatic rings. The first kappa shape index (κ1) is 12.9. The summed E-state index contributed by atoms with van der Waals surface area (Å²) in [4.78, 5) is 14.2. The van der Waals surface area contributed by atoms with E-state index in [1.807, 2.05) is 19.9 Å². The molecule has 1 aromatic carbocycles. The first-order chi connectivity index (χ1) is 9.08. The monoisotopic (exact) mass is 289 g/mol.